The number of likely N-dealkylation sites (N-methyl/N-ethyl adjacent to an activating group) is 1. The number of nitrogens with zero attached hydrogens (tertiary/aromatic N) is 1. The summed E-state index contributed by atoms with van der Waals surface area (Å²) < 4.78 is 13.2. The van der Waals surface area contributed by atoms with E-state index in [9.17, 15) is 4.39 Å². The minimum atomic E-state index is -0.309. The highest BCUT2D eigenvalue weighted by molar-refractivity contribution is 6.30. The molecule has 0 atom stereocenters. The van der Waals surface area contributed by atoms with Gasteiger partial charge in [-0.15, -0.1) is 0 Å². The van der Waals surface area contributed by atoms with Crippen molar-refractivity contribution in [3.8, 4) is 0 Å². The molecule has 0 amide bonds. The molecule has 0 unspecified atom stereocenters. The molecule has 78 valence electrons. The maximum absolute atomic E-state index is 13.2. The average molecular weight is 217 g/mol. The number of rotatable bonds is 4. The van der Waals surface area contributed by atoms with Crippen molar-refractivity contribution in [1.29, 1.82) is 0 Å². The number of halogens is 2. The first kappa shape index (κ1) is 11.3. The maximum Gasteiger partial charge on any atom is 0.147 e. The SMILES string of the molecule is CN(C)CCNc1ccc(Cl)cc1F. The van der Waals surface area contributed by atoms with Crippen LogP contribution in [-0.2, 0) is 0 Å². The fourth-order valence-electron chi connectivity index (χ4n) is 1.05. The lowest BCUT2D eigenvalue weighted by molar-refractivity contribution is 0.425. The van der Waals surface area contributed by atoms with Gasteiger partial charge < -0.3 is 10.2 Å². The summed E-state index contributed by atoms with van der Waals surface area (Å²) in [5.74, 6) is -0.309. The summed E-state index contributed by atoms with van der Waals surface area (Å²) in [6.45, 7) is 1.58. The van der Waals surface area contributed by atoms with Crippen LogP contribution in [0.1, 0.15) is 0 Å². The molecule has 1 aromatic carbocycles. The van der Waals surface area contributed by atoms with Gasteiger partial charge in [-0.2, -0.15) is 0 Å². The zero-order valence-corrected chi connectivity index (χ0v) is 9.11. The van der Waals surface area contributed by atoms with Gasteiger partial charge >= 0.3 is 0 Å². The van der Waals surface area contributed by atoms with Gasteiger partial charge in [0.2, 0.25) is 0 Å². The molecule has 1 N–H and O–H groups in total. The summed E-state index contributed by atoms with van der Waals surface area (Å²) >= 11 is 5.63. The topological polar surface area (TPSA) is 15.3 Å². The van der Waals surface area contributed by atoms with Gasteiger partial charge in [-0.05, 0) is 32.3 Å². The van der Waals surface area contributed by atoms with E-state index in [1.54, 1.807) is 12.1 Å². The molecule has 0 spiro atoms. The molecule has 0 aliphatic carbocycles. The fraction of sp³-hybridized carbons (Fsp3) is 0.400. The molecule has 0 saturated heterocycles. The highest BCUT2D eigenvalue weighted by Gasteiger charge is 2.01. The highest BCUT2D eigenvalue weighted by Crippen LogP contribution is 2.18. The molecular formula is C10H14ClFN2. The minimum absolute atomic E-state index is 0.309. The summed E-state index contributed by atoms with van der Waals surface area (Å²) in [6, 6.07) is 4.62. The van der Waals surface area contributed by atoms with Crippen molar-refractivity contribution in [2.24, 2.45) is 0 Å². The molecule has 0 bridgehead atoms. The Bertz CT molecular complexity index is 302. The van der Waals surface area contributed by atoms with Crippen molar-refractivity contribution in [3.05, 3.63) is 29.0 Å². The van der Waals surface area contributed by atoms with E-state index in [0.717, 1.165) is 6.54 Å². The van der Waals surface area contributed by atoms with E-state index in [0.29, 0.717) is 17.3 Å². The van der Waals surface area contributed by atoms with E-state index in [1.807, 2.05) is 19.0 Å². The lowest BCUT2D eigenvalue weighted by atomic mass is 10.3. The zero-order valence-electron chi connectivity index (χ0n) is 8.35. The van der Waals surface area contributed by atoms with Crippen LogP contribution in [0.15, 0.2) is 18.2 Å². The van der Waals surface area contributed by atoms with E-state index in [2.05, 4.69) is 5.32 Å². The molecule has 0 aromatic heterocycles. The molecule has 0 fully saturated rings. The third-order valence-corrected chi connectivity index (χ3v) is 2.04. The van der Waals surface area contributed by atoms with Gasteiger partial charge in [0.15, 0.2) is 0 Å². The third-order valence-electron chi connectivity index (χ3n) is 1.81. The average Bonchev–Trinajstić information content (AvgIpc) is 2.08. The molecule has 2 nitrogen and oxygen atoms in total. The maximum atomic E-state index is 13.2. The van der Waals surface area contributed by atoms with Crippen LogP contribution in [0.25, 0.3) is 0 Å². The number of benzene rings is 1. The van der Waals surface area contributed by atoms with Crippen molar-refractivity contribution in [2.45, 2.75) is 0 Å². The van der Waals surface area contributed by atoms with E-state index in [1.165, 1.54) is 6.07 Å². The molecule has 14 heavy (non-hydrogen) atoms. The summed E-state index contributed by atoms with van der Waals surface area (Å²) in [7, 11) is 3.94. The number of nitrogens with one attached hydrogen (secondary N) is 1. The second kappa shape index (κ2) is 5.17. The normalized spacial score (nSPS) is 10.6. The van der Waals surface area contributed by atoms with Gasteiger partial charge in [-0.3, -0.25) is 0 Å². The van der Waals surface area contributed by atoms with Crippen LogP contribution in [0.3, 0.4) is 0 Å². The number of anilines is 1. The van der Waals surface area contributed by atoms with Crippen LogP contribution in [-0.4, -0.2) is 32.1 Å². The molecular weight excluding hydrogens is 203 g/mol. The summed E-state index contributed by atoms with van der Waals surface area (Å²) in [6.07, 6.45) is 0. The van der Waals surface area contributed by atoms with Gasteiger partial charge in [0.05, 0.1) is 5.69 Å². The van der Waals surface area contributed by atoms with Gasteiger partial charge in [0, 0.05) is 18.1 Å². The summed E-state index contributed by atoms with van der Waals surface area (Å²) in [5.41, 5.74) is 0.497. The Morgan fingerprint density at radius 2 is 2.14 bits per heavy atom. The third kappa shape index (κ3) is 3.52. The first-order chi connectivity index (χ1) is 6.59. The van der Waals surface area contributed by atoms with Crippen LogP contribution in [0, 0.1) is 5.82 Å². The molecule has 0 aliphatic rings. The Hall–Kier alpha value is -0.800. The Morgan fingerprint density at radius 3 is 2.71 bits per heavy atom. The van der Waals surface area contributed by atoms with Crippen molar-refractivity contribution in [2.75, 3.05) is 32.5 Å². The zero-order chi connectivity index (χ0) is 10.6. The van der Waals surface area contributed by atoms with Gasteiger partial charge in [-0.1, -0.05) is 11.6 Å². The Balaban J connectivity index is 2.51. The van der Waals surface area contributed by atoms with Crippen molar-refractivity contribution in [1.82, 2.24) is 4.90 Å². The van der Waals surface area contributed by atoms with Crippen LogP contribution in [0.2, 0.25) is 5.02 Å². The lowest BCUT2D eigenvalue weighted by Crippen LogP contribution is -2.21. The molecule has 1 aromatic rings. The standard InChI is InChI=1S/C10H14ClFN2/c1-14(2)6-5-13-10-4-3-8(11)7-9(10)12/h3-4,7,13H,5-6H2,1-2H3. The van der Waals surface area contributed by atoms with Crippen LogP contribution >= 0.6 is 11.6 Å². The predicted molar refractivity (Wildman–Crippen MR) is 58.5 cm³/mol. The Labute approximate surface area is 88.7 Å². The predicted octanol–water partition coefficient (Wildman–Crippen LogP) is 2.45. The number of hydrogen-bond acceptors (Lipinski definition) is 2. The molecule has 1 rings (SSSR count). The second-order valence-corrected chi connectivity index (χ2v) is 3.79. The molecule has 4 heteroatoms. The summed E-state index contributed by atoms with van der Waals surface area (Å²) in [4.78, 5) is 2.03. The fourth-order valence-corrected chi connectivity index (χ4v) is 1.21. The first-order valence-electron chi connectivity index (χ1n) is 4.43. The quantitative estimate of drug-likeness (QED) is 0.832. The van der Waals surface area contributed by atoms with Crippen molar-refractivity contribution < 1.29 is 4.39 Å². The van der Waals surface area contributed by atoms with Crippen LogP contribution in [0.5, 0.6) is 0 Å². The van der Waals surface area contributed by atoms with Crippen LogP contribution < -0.4 is 5.32 Å². The monoisotopic (exact) mass is 216 g/mol. The van der Waals surface area contributed by atoms with E-state index < -0.39 is 0 Å². The largest absolute Gasteiger partial charge is 0.381 e. The Kier molecular flexibility index (Phi) is 4.17. The van der Waals surface area contributed by atoms with E-state index >= 15 is 0 Å². The van der Waals surface area contributed by atoms with E-state index in [4.69, 9.17) is 11.6 Å². The smallest absolute Gasteiger partial charge is 0.147 e. The van der Waals surface area contributed by atoms with Crippen LogP contribution in [0.4, 0.5) is 10.1 Å². The highest BCUT2D eigenvalue weighted by atomic mass is 35.5. The molecule has 0 saturated carbocycles. The van der Waals surface area contributed by atoms with Crippen molar-refractivity contribution >= 4 is 17.3 Å². The van der Waals surface area contributed by atoms with Gasteiger partial charge in [0.1, 0.15) is 5.82 Å². The van der Waals surface area contributed by atoms with Gasteiger partial charge in [-0.25, -0.2) is 4.39 Å². The lowest BCUT2D eigenvalue weighted by Gasteiger charge is -2.11. The minimum Gasteiger partial charge on any atom is -0.381 e. The van der Waals surface area contributed by atoms with E-state index in [-0.39, 0.29) is 5.82 Å². The molecule has 0 radical (unpaired) electrons. The summed E-state index contributed by atoms with van der Waals surface area (Å²) in [5, 5.41) is 3.41. The van der Waals surface area contributed by atoms with Crippen molar-refractivity contribution in [3.63, 3.8) is 0 Å². The Morgan fingerprint density at radius 1 is 1.43 bits per heavy atom. The molecule has 0 aliphatic heterocycles. The number of hydrogen-bond donors (Lipinski definition) is 1. The molecule has 0 heterocycles. The second-order valence-electron chi connectivity index (χ2n) is 3.35. The van der Waals surface area contributed by atoms with Gasteiger partial charge in [0.25, 0.3) is 0 Å². The first-order valence-corrected chi connectivity index (χ1v) is 4.81.